The summed E-state index contributed by atoms with van der Waals surface area (Å²) in [6.45, 7) is 8.16. The monoisotopic (exact) mass is 216 g/mol. The molecule has 0 bridgehead atoms. The number of hydrogen-bond acceptors (Lipinski definition) is 4. The molecule has 1 atom stereocenters. The van der Waals surface area contributed by atoms with Crippen molar-refractivity contribution >= 4 is 0 Å². The van der Waals surface area contributed by atoms with Gasteiger partial charge in [-0.05, 0) is 6.92 Å². The number of methoxy groups -OCH3 is 1. The van der Waals surface area contributed by atoms with Crippen LogP contribution in [-0.2, 0) is 9.47 Å². The first-order chi connectivity index (χ1) is 7.24. The van der Waals surface area contributed by atoms with Gasteiger partial charge in [0.1, 0.15) is 6.23 Å². The van der Waals surface area contributed by atoms with Gasteiger partial charge >= 0.3 is 0 Å². The molecule has 4 heteroatoms. The van der Waals surface area contributed by atoms with Crippen molar-refractivity contribution in [2.75, 3.05) is 33.9 Å². The Hall–Kier alpha value is -0.740. The van der Waals surface area contributed by atoms with Crippen molar-refractivity contribution < 1.29 is 9.47 Å². The van der Waals surface area contributed by atoms with Gasteiger partial charge < -0.3 is 19.7 Å². The third-order valence-corrected chi connectivity index (χ3v) is 2.00. The lowest BCUT2D eigenvalue weighted by atomic mass is 10.3. The molecule has 0 aromatic rings. The molecule has 0 spiro atoms. The molecule has 1 rings (SSSR count). The lowest BCUT2D eigenvalue weighted by molar-refractivity contribution is -0.0469. The first-order valence-electron chi connectivity index (χ1n) is 5.49. The first kappa shape index (κ1) is 14.3. The second-order valence-electron chi connectivity index (χ2n) is 3.18. The molecule has 0 radical (unpaired) electrons. The van der Waals surface area contributed by atoms with E-state index in [4.69, 9.17) is 9.47 Å². The van der Waals surface area contributed by atoms with Crippen molar-refractivity contribution in [3.05, 3.63) is 11.9 Å². The topological polar surface area (TPSA) is 33.7 Å². The summed E-state index contributed by atoms with van der Waals surface area (Å²) in [6.07, 6.45) is 2.17. The number of likely N-dealkylation sites (N-methyl/N-ethyl adjacent to an activating group) is 1. The highest BCUT2D eigenvalue weighted by atomic mass is 16.5. The highest BCUT2D eigenvalue weighted by Gasteiger charge is 2.16. The first-order valence-corrected chi connectivity index (χ1v) is 5.49. The minimum atomic E-state index is 0.124. The summed E-state index contributed by atoms with van der Waals surface area (Å²) in [5.41, 5.74) is 1.18. The van der Waals surface area contributed by atoms with Crippen LogP contribution in [0.15, 0.2) is 11.9 Å². The molecular formula is C11H24N2O2. The predicted molar refractivity (Wildman–Crippen MR) is 62.5 cm³/mol. The molecule has 1 unspecified atom stereocenters. The van der Waals surface area contributed by atoms with Crippen LogP contribution < -0.4 is 5.32 Å². The maximum absolute atomic E-state index is 5.58. The Labute approximate surface area is 93.2 Å². The van der Waals surface area contributed by atoms with E-state index in [9.17, 15) is 0 Å². The molecule has 4 nitrogen and oxygen atoms in total. The van der Waals surface area contributed by atoms with Crippen LogP contribution in [0.3, 0.4) is 0 Å². The Morgan fingerprint density at radius 1 is 1.47 bits per heavy atom. The van der Waals surface area contributed by atoms with Crippen LogP contribution in [0.25, 0.3) is 0 Å². The average molecular weight is 216 g/mol. The minimum Gasteiger partial charge on any atom is -0.383 e. The van der Waals surface area contributed by atoms with E-state index in [-0.39, 0.29) is 6.23 Å². The Morgan fingerprint density at radius 2 is 2.13 bits per heavy atom. The van der Waals surface area contributed by atoms with Crippen LogP contribution in [-0.4, -0.2) is 45.0 Å². The number of nitrogens with one attached hydrogen (secondary N) is 1. The van der Waals surface area contributed by atoms with Gasteiger partial charge in [0.15, 0.2) is 0 Å². The van der Waals surface area contributed by atoms with E-state index in [2.05, 4.69) is 10.2 Å². The van der Waals surface area contributed by atoms with Gasteiger partial charge in [-0.1, -0.05) is 13.8 Å². The van der Waals surface area contributed by atoms with Gasteiger partial charge in [0.25, 0.3) is 0 Å². The van der Waals surface area contributed by atoms with Crippen LogP contribution >= 0.6 is 0 Å². The summed E-state index contributed by atoms with van der Waals surface area (Å²) in [7, 11) is 3.69. The summed E-state index contributed by atoms with van der Waals surface area (Å²) < 4.78 is 10.5. The van der Waals surface area contributed by atoms with E-state index in [0.717, 1.165) is 6.54 Å². The summed E-state index contributed by atoms with van der Waals surface area (Å²) in [5.74, 6) is 0. The predicted octanol–water partition coefficient (Wildman–Crippen LogP) is 1.40. The van der Waals surface area contributed by atoms with E-state index in [0.29, 0.717) is 13.2 Å². The number of allylic oxidation sites excluding steroid dienone is 1. The van der Waals surface area contributed by atoms with Crippen LogP contribution in [0.1, 0.15) is 20.8 Å². The molecule has 0 saturated heterocycles. The molecule has 15 heavy (non-hydrogen) atoms. The van der Waals surface area contributed by atoms with Gasteiger partial charge in [-0.2, -0.15) is 0 Å². The fourth-order valence-corrected chi connectivity index (χ4v) is 1.27. The third-order valence-electron chi connectivity index (χ3n) is 2.00. The quantitative estimate of drug-likeness (QED) is 0.720. The van der Waals surface area contributed by atoms with Crippen molar-refractivity contribution in [1.29, 1.82) is 0 Å². The fraction of sp³-hybridized carbons (Fsp3) is 0.818. The summed E-state index contributed by atoms with van der Waals surface area (Å²) >= 11 is 0. The van der Waals surface area contributed by atoms with Crippen LogP contribution in [0.2, 0.25) is 0 Å². The van der Waals surface area contributed by atoms with Gasteiger partial charge in [-0.25, -0.2) is 0 Å². The molecule has 0 fully saturated rings. The normalized spacial score (nSPS) is 19.9. The SMILES string of the molecule is CC.COCCOC1CNC(C)=CN1C. The maximum Gasteiger partial charge on any atom is 0.147 e. The van der Waals surface area contributed by atoms with Gasteiger partial charge in [-0.15, -0.1) is 0 Å². The molecule has 0 aliphatic carbocycles. The van der Waals surface area contributed by atoms with E-state index >= 15 is 0 Å². The maximum atomic E-state index is 5.58. The Morgan fingerprint density at radius 3 is 2.67 bits per heavy atom. The molecule has 1 N–H and O–H groups in total. The van der Waals surface area contributed by atoms with Crippen molar-refractivity contribution in [3.63, 3.8) is 0 Å². The van der Waals surface area contributed by atoms with E-state index in [1.54, 1.807) is 7.11 Å². The number of rotatable bonds is 4. The number of nitrogens with zero attached hydrogens (tertiary/aromatic N) is 1. The molecule has 90 valence electrons. The molecule has 1 heterocycles. The summed E-state index contributed by atoms with van der Waals surface area (Å²) in [4.78, 5) is 2.07. The molecule has 0 aromatic carbocycles. The molecule has 1 aliphatic rings. The fourth-order valence-electron chi connectivity index (χ4n) is 1.27. The number of hydrogen-bond donors (Lipinski definition) is 1. The highest BCUT2D eigenvalue weighted by Crippen LogP contribution is 2.06. The summed E-state index contributed by atoms with van der Waals surface area (Å²) in [6, 6.07) is 0. The molecule has 0 aromatic heterocycles. The van der Waals surface area contributed by atoms with Gasteiger partial charge in [0.05, 0.1) is 19.8 Å². The van der Waals surface area contributed by atoms with Gasteiger partial charge in [-0.3, -0.25) is 0 Å². The largest absolute Gasteiger partial charge is 0.383 e. The third kappa shape index (κ3) is 5.64. The Bertz CT molecular complexity index is 183. The highest BCUT2D eigenvalue weighted by molar-refractivity contribution is 4.99. The zero-order valence-electron chi connectivity index (χ0n) is 10.5. The molecule has 0 saturated carbocycles. The van der Waals surface area contributed by atoms with Crippen molar-refractivity contribution in [2.45, 2.75) is 27.0 Å². The van der Waals surface area contributed by atoms with Crippen LogP contribution in [0.4, 0.5) is 0 Å². The summed E-state index contributed by atoms with van der Waals surface area (Å²) in [5, 5.41) is 3.24. The number of ether oxygens (including phenoxy) is 2. The van der Waals surface area contributed by atoms with Crippen molar-refractivity contribution in [3.8, 4) is 0 Å². The molecule has 0 amide bonds. The van der Waals surface area contributed by atoms with E-state index in [1.165, 1.54) is 5.70 Å². The Kier molecular flexibility index (Phi) is 8.14. The molecule has 1 aliphatic heterocycles. The lowest BCUT2D eigenvalue weighted by Gasteiger charge is -2.32. The van der Waals surface area contributed by atoms with Crippen LogP contribution in [0.5, 0.6) is 0 Å². The Balaban J connectivity index is 0.000000921. The van der Waals surface area contributed by atoms with E-state index in [1.807, 2.05) is 34.0 Å². The van der Waals surface area contributed by atoms with Crippen molar-refractivity contribution in [1.82, 2.24) is 10.2 Å². The van der Waals surface area contributed by atoms with Crippen molar-refractivity contribution in [2.24, 2.45) is 0 Å². The lowest BCUT2D eigenvalue weighted by Crippen LogP contribution is -2.43. The van der Waals surface area contributed by atoms with Crippen LogP contribution in [0, 0.1) is 0 Å². The second-order valence-corrected chi connectivity index (χ2v) is 3.18. The average Bonchev–Trinajstić information content (AvgIpc) is 2.24. The second kappa shape index (κ2) is 8.56. The smallest absolute Gasteiger partial charge is 0.147 e. The minimum absolute atomic E-state index is 0.124. The standard InChI is InChI=1S/C9H18N2O2.C2H6/c1-8-7-11(2)9(6-10-8)13-5-4-12-3;1-2/h7,9-10H,4-6H2,1-3H3;1-2H3. The van der Waals surface area contributed by atoms with Gasteiger partial charge in [0.2, 0.25) is 0 Å². The molecular weight excluding hydrogens is 192 g/mol. The van der Waals surface area contributed by atoms with Gasteiger partial charge in [0, 0.05) is 26.1 Å². The zero-order chi connectivity index (χ0) is 11.7. The van der Waals surface area contributed by atoms with E-state index < -0.39 is 0 Å². The zero-order valence-corrected chi connectivity index (χ0v) is 10.5.